The highest BCUT2D eigenvalue weighted by atomic mass is 32.2. The van der Waals surface area contributed by atoms with Crippen LogP contribution >= 0.6 is 11.3 Å². The summed E-state index contributed by atoms with van der Waals surface area (Å²) in [5, 5.41) is 1.59. The third-order valence-corrected chi connectivity index (χ3v) is 6.70. The number of hydrazine groups is 1. The van der Waals surface area contributed by atoms with E-state index >= 15 is 0 Å². The number of benzene rings is 2. The van der Waals surface area contributed by atoms with Crippen LogP contribution in [-0.4, -0.2) is 20.2 Å². The Labute approximate surface area is 178 Å². The molecule has 0 fully saturated rings. The summed E-state index contributed by atoms with van der Waals surface area (Å²) in [6, 6.07) is 12.1. The summed E-state index contributed by atoms with van der Waals surface area (Å²) >= 11 is 0.999. The summed E-state index contributed by atoms with van der Waals surface area (Å²) < 4.78 is 65.0. The van der Waals surface area contributed by atoms with E-state index in [1.165, 1.54) is 30.3 Å². The predicted molar refractivity (Wildman–Crippen MR) is 108 cm³/mol. The summed E-state index contributed by atoms with van der Waals surface area (Å²) in [5.74, 6) is -1.68. The van der Waals surface area contributed by atoms with Gasteiger partial charge in [-0.05, 0) is 47.8 Å². The normalized spacial score (nSPS) is 11.6. The van der Waals surface area contributed by atoms with Crippen LogP contribution in [0.2, 0.25) is 0 Å². The first-order chi connectivity index (χ1) is 14.6. The lowest BCUT2D eigenvalue weighted by Crippen LogP contribution is -2.41. The highest BCUT2D eigenvalue weighted by Crippen LogP contribution is 2.29. The lowest BCUT2D eigenvalue weighted by Gasteiger charge is -2.13. The molecule has 31 heavy (non-hydrogen) atoms. The van der Waals surface area contributed by atoms with Gasteiger partial charge in [-0.2, -0.15) is 13.2 Å². The molecule has 0 saturated heterocycles. The summed E-state index contributed by atoms with van der Waals surface area (Å²) in [4.78, 5) is 24.5. The Morgan fingerprint density at radius 2 is 1.48 bits per heavy atom. The molecule has 12 heteroatoms. The van der Waals surface area contributed by atoms with E-state index < -0.39 is 33.6 Å². The lowest BCUT2D eigenvalue weighted by molar-refractivity contribution is -0.137. The quantitative estimate of drug-likeness (QED) is 0.496. The number of hydrogen-bond acceptors (Lipinski definition) is 5. The molecule has 1 heterocycles. The third kappa shape index (κ3) is 5.41. The molecule has 1 aromatic heterocycles. The molecule has 0 spiro atoms. The first kappa shape index (κ1) is 22.3. The van der Waals surface area contributed by atoms with Crippen LogP contribution in [0.15, 0.2) is 70.3 Å². The Bertz CT molecular complexity index is 1190. The minimum Gasteiger partial charge on any atom is -0.278 e. The number of nitrogens with one attached hydrogen (secondary N) is 3. The Morgan fingerprint density at radius 3 is 2.10 bits per heavy atom. The molecule has 0 bridgehead atoms. The van der Waals surface area contributed by atoms with Gasteiger partial charge in [0.05, 0.1) is 16.8 Å². The SMILES string of the molecule is O=C(NNC(=O)c1ccccc1NS(=O)(=O)c1cccs1)c1ccc(C(F)(F)F)cc1. The number of rotatable bonds is 5. The number of para-hydroxylation sites is 1. The number of alkyl halides is 3. The van der Waals surface area contributed by atoms with Crippen LogP contribution in [-0.2, 0) is 16.2 Å². The molecule has 3 N–H and O–H groups in total. The fourth-order valence-electron chi connectivity index (χ4n) is 2.45. The molecular formula is C19H14F3N3O4S2. The molecule has 7 nitrogen and oxygen atoms in total. The molecule has 0 aliphatic rings. The van der Waals surface area contributed by atoms with Crippen LogP contribution in [0.1, 0.15) is 26.3 Å². The standard InChI is InChI=1S/C19H14F3N3O4S2/c20-19(21,22)13-9-7-12(8-10-13)17(26)23-24-18(27)14-4-1-2-5-15(14)25-31(28,29)16-6-3-11-30-16/h1-11,25H,(H,23,26)(H,24,27). The van der Waals surface area contributed by atoms with Crippen LogP contribution in [0.5, 0.6) is 0 Å². The minimum absolute atomic E-state index is 0.0165. The molecule has 2 amide bonds. The summed E-state index contributed by atoms with van der Waals surface area (Å²) in [7, 11) is -3.91. The second-order valence-electron chi connectivity index (χ2n) is 6.07. The van der Waals surface area contributed by atoms with Crippen molar-refractivity contribution in [1.29, 1.82) is 0 Å². The van der Waals surface area contributed by atoms with Gasteiger partial charge in [-0.1, -0.05) is 18.2 Å². The van der Waals surface area contributed by atoms with Crippen LogP contribution in [0.25, 0.3) is 0 Å². The molecule has 0 radical (unpaired) electrons. The third-order valence-electron chi connectivity index (χ3n) is 3.94. The first-order valence-electron chi connectivity index (χ1n) is 8.51. The molecular weight excluding hydrogens is 455 g/mol. The second-order valence-corrected chi connectivity index (χ2v) is 8.92. The number of sulfonamides is 1. The molecule has 3 aromatic rings. The molecule has 0 saturated carbocycles. The van der Waals surface area contributed by atoms with Gasteiger partial charge in [0, 0.05) is 5.56 Å². The van der Waals surface area contributed by atoms with Gasteiger partial charge in [-0.15, -0.1) is 11.3 Å². The van der Waals surface area contributed by atoms with Crippen molar-refractivity contribution in [2.75, 3.05) is 4.72 Å². The van der Waals surface area contributed by atoms with E-state index in [-0.39, 0.29) is 21.0 Å². The fraction of sp³-hybridized carbons (Fsp3) is 0.0526. The zero-order valence-electron chi connectivity index (χ0n) is 15.4. The van der Waals surface area contributed by atoms with Gasteiger partial charge in [-0.3, -0.25) is 25.2 Å². The monoisotopic (exact) mass is 469 g/mol. The Hall–Kier alpha value is -3.38. The van der Waals surface area contributed by atoms with Crippen molar-refractivity contribution >= 4 is 38.9 Å². The van der Waals surface area contributed by atoms with Crippen molar-refractivity contribution in [1.82, 2.24) is 10.9 Å². The summed E-state index contributed by atoms with van der Waals surface area (Å²) in [5.41, 5.74) is 3.07. The zero-order valence-corrected chi connectivity index (χ0v) is 17.1. The van der Waals surface area contributed by atoms with E-state index in [0.29, 0.717) is 0 Å². The highest BCUT2D eigenvalue weighted by molar-refractivity contribution is 7.94. The largest absolute Gasteiger partial charge is 0.416 e. The Kier molecular flexibility index (Phi) is 6.32. The maximum absolute atomic E-state index is 12.6. The van der Waals surface area contributed by atoms with E-state index in [9.17, 15) is 31.2 Å². The number of carbonyl (C=O) groups excluding carboxylic acids is 2. The summed E-state index contributed by atoms with van der Waals surface area (Å²) in [6.07, 6.45) is -4.54. The van der Waals surface area contributed by atoms with Crippen LogP contribution in [0, 0.1) is 0 Å². The van der Waals surface area contributed by atoms with E-state index in [1.54, 1.807) is 11.4 Å². The number of carbonyl (C=O) groups is 2. The molecule has 2 aromatic carbocycles. The van der Waals surface area contributed by atoms with Gasteiger partial charge in [0.15, 0.2) is 0 Å². The number of hydrogen-bond donors (Lipinski definition) is 3. The molecule has 162 valence electrons. The molecule has 0 unspecified atom stereocenters. The average Bonchev–Trinajstić information content (AvgIpc) is 3.27. The number of amides is 2. The van der Waals surface area contributed by atoms with Crippen molar-refractivity contribution < 1.29 is 31.2 Å². The Morgan fingerprint density at radius 1 is 0.839 bits per heavy atom. The van der Waals surface area contributed by atoms with Gasteiger partial charge in [-0.25, -0.2) is 8.42 Å². The van der Waals surface area contributed by atoms with Gasteiger partial charge < -0.3 is 0 Å². The number of anilines is 1. The lowest BCUT2D eigenvalue weighted by atomic mass is 10.1. The fourth-order valence-corrected chi connectivity index (χ4v) is 4.52. The van der Waals surface area contributed by atoms with Crippen molar-refractivity contribution in [2.24, 2.45) is 0 Å². The predicted octanol–water partition coefficient (Wildman–Crippen LogP) is 3.64. The highest BCUT2D eigenvalue weighted by Gasteiger charge is 2.30. The minimum atomic E-state index is -4.54. The van der Waals surface area contributed by atoms with E-state index in [0.717, 1.165) is 35.6 Å². The van der Waals surface area contributed by atoms with Crippen molar-refractivity contribution in [3.05, 3.63) is 82.7 Å². The van der Waals surface area contributed by atoms with Gasteiger partial charge in [0.1, 0.15) is 4.21 Å². The van der Waals surface area contributed by atoms with Crippen LogP contribution in [0.4, 0.5) is 18.9 Å². The van der Waals surface area contributed by atoms with Gasteiger partial charge in [0.2, 0.25) is 0 Å². The van der Waals surface area contributed by atoms with E-state index in [4.69, 9.17) is 0 Å². The first-order valence-corrected chi connectivity index (χ1v) is 10.9. The van der Waals surface area contributed by atoms with E-state index in [1.807, 2.05) is 0 Å². The van der Waals surface area contributed by atoms with E-state index in [2.05, 4.69) is 15.6 Å². The van der Waals surface area contributed by atoms with Crippen molar-refractivity contribution in [2.45, 2.75) is 10.4 Å². The second kappa shape index (κ2) is 8.78. The zero-order chi connectivity index (χ0) is 22.6. The van der Waals surface area contributed by atoms with Gasteiger partial charge in [0.25, 0.3) is 21.8 Å². The topological polar surface area (TPSA) is 104 Å². The summed E-state index contributed by atoms with van der Waals surface area (Å²) in [6.45, 7) is 0. The van der Waals surface area contributed by atoms with Crippen LogP contribution in [0.3, 0.4) is 0 Å². The Balaban J connectivity index is 1.69. The maximum Gasteiger partial charge on any atom is 0.416 e. The average molecular weight is 469 g/mol. The molecule has 0 atom stereocenters. The smallest absolute Gasteiger partial charge is 0.278 e. The number of thiophene rings is 1. The number of halogens is 3. The molecule has 0 aliphatic carbocycles. The van der Waals surface area contributed by atoms with Gasteiger partial charge >= 0.3 is 6.18 Å². The van der Waals surface area contributed by atoms with Crippen LogP contribution < -0.4 is 15.6 Å². The van der Waals surface area contributed by atoms with Crippen molar-refractivity contribution in [3.63, 3.8) is 0 Å². The molecule has 3 rings (SSSR count). The maximum atomic E-state index is 12.6. The molecule has 0 aliphatic heterocycles. The van der Waals surface area contributed by atoms with Crippen molar-refractivity contribution in [3.8, 4) is 0 Å².